The predicted octanol–water partition coefficient (Wildman–Crippen LogP) is 3.75. The molecule has 0 saturated heterocycles. The fourth-order valence-electron chi connectivity index (χ4n) is 5.24. The number of nitrogens with zero attached hydrogens (tertiary/aromatic N) is 6. The highest BCUT2D eigenvalue weighted by atomic mass is 19.1. The average Bonchev–Trinajstić information content (AvgIpc) is 3.66. The van der Waals surface area contributed by atoms with E-state index in [2.05, 4.69) is 30.5 Å². The van der Waals surface area contributed by atoms with Gasteiger partial charge in [0.2, 0.25) is 11.9 Å². The maximum Gasteiger partial charge on any atom is 0.237 e. The minimum absolute atomic E-state index is 0.0208. The molecule has 198 valence electrons. The van der Waals surface area contributed by atoms with Crippen molar-refractivity contribution in [2.75, 3.05) is 42.7 Å². The van der Waals surface area contributed by atoms with Gasteiger partial charge < -0.3 is 25.3 Å². The Kier molecular flexibility index (Phi) is 6.10. The summed E-state index contributed by atoms with van der Waals surface area (Å²) in [6.07, 6.45) is 3.82. The Balaban J connectivity index is 1.23. The summed E-state index contributed by atoms with van der Waals surface area (Å²) in [6, 6.07) is 7.20. The first kappa shape index (κ1) is 24.5. The number of anilines is 4. The third-order valence-electron chi connectivity index (χ3n) is 7.17. The average molecular weight is 521 g/mol. The molecule has 1 aliphatic carbocycles. The zero-order valence-electron chi connectivity index (χ0n) is 21.6. The van der Waals surface area contributed by atoms with E-state index in [0.717, 1.165) is 36.0 Å². The lowest BCUT2D eigenvalue weighted by Gasteiger charge is -2.29. The van der Waals surface area contributed by atoms with Gasteiger partial charge in [-0.1, -0.05) is 6.07 Å². The largest absolute Gasteiger partial charge is 0.361 e. The SMILES string of the molecule is CC1Nc2c(F)cc(-c3nc(Nc4ccc5c(n4)CCN(C(=O)CN(C)C)C5)ncc3F)cc2N1C1CC1. The van der Waals surface area contributed by atoms with Crippen LogP contribution in [0.3, 0.4) is 0 Å². The molecule has 2 N–H and O–H groups in total. The molecule has 38 heavy (non-hydrogen) atoms. The molecule has 6 rings (SSSR count). The van der Waals surface area contributed by atoms with Crippen LogP contribution in [0.1, 0.15) is 31.0 Å². The Labute approximate surface area is 219 Å². The molecule has 1 unspecified atom stereocenters. The number of likely N-dealkylation sites (N-methyl/N-ethyl adjacent to an activating group) is 1. The van der Waals surface area contributed by atoms with E-state index in [1.165, 1.54) is 6.07 Å². The number of benzene rings is 1. The summed E-state index contributed by atoms with van der Waals surface area (Å²) in [5, 5.41) is 6.26. The number of aromatic nitrogens is 3. The number of amides is 1. The summed E-state index contributed by atoms with van der Waals surface area (Å²) in [7, 11) is 3.75. The predicted molar refractivity (Wildman–Crippen MR) is 141 cm³/mol. The van der Waals surface area contributed by atoms with Crippen LogP contribution in [0.2, 0.25) is 0 Å². The molecule has 1 fully saturated rings. The van der Waals surface area contributed by atoms with Crippen molar-refractivity contribution in [3.05, 3.63) is 53.4 Å². The van der Waals surface area contributed by atoms with Gasteiger partial charge in [0.05, 0.1) is 30.3 Å². The molecule has 1 amide bonds. The molecule has 3 aliphatic rings. The number of hydrogen-bond acceptors (Lipinski definition) is 8. The van der Waals surface area contributed by atoms with Gasteiger partial charge in [-0.15, -0.1) is 0 Å². The Morgan fingerprint density at radius 1 is 1.18 bits per heavy atom. The number of fused-ring (bicyclic) bond motifs is 2. The molecule has 1 aromatic carbocycles. The summed E-state index contributed by atoms with van der Waals surface area (Å²) in [4.78, 5) is 31.4. The highest BCUT2D eigenvalue weighted by Crippen LogP contribution is 2.45. The summed E-state index contributed by atoms with van der Waals surface area (Å²) < 4.78 is 29.9. The monoisotopic (exact) mass is 520 g/mol. The number of carbonyl (C=O) groups is 1. The molecule has 9 nitrogen and oxygen atoms in total. The molecule has 4 heterocycles. The van der Waals surface area contributed by atoms with Crippen LogP contribution in [-0.2, 0) is 17.8 Å². The van der Waals surface area contributed by atoms with Gasteiger partial charge in [0, 0.05) is 36.8 Å². The van der Waals surface area contributed by atoms with E-state index in [4.69, 9.17) is 0 Å². The molecular weight excluding hydrogens is 490 g/mol. The fraction of sp³-hybridized carbons (Fsp3) is 0.407. The van der Waals surface area contributed by atoms with E-state index in [-0.39, 0.29) is 23.7 Å². The first-order valence-electron chi connectivity index (χ1n) is 12.9. The van der Waals surface area contributed by atoms with Gasteiger partial charge >= 0.3 is 0 Å². The van der Waals surface area contributed by atoms with Crippen LogP contribution in [0.5, 0.6) is 0 Å². The quantitative estimate of drug-likeness (QED) is 0.508. The first-order chi connectivity index (χ1) is 18.3. The van der Waals surface area contributed by atoms with Gasteiger partial charge in [-0.3, -0.25) is 4.79 Å². The number of pyridine rings is 1. The van der Waals surface area contributed by atoms with Crippen molar-refractivity contribution in [2.24, 2.45) is 0 Å². The summed E-state index contributed by atoms with van der Waals surface area (Å²) in [6.45, 7) is 3.48. The maximum atomic E-state index is 15.0. The van der Waals surface area contributed by atoms with Gasteiger partial charge in [-0.05, 0) is 57.6 Å². The van der Waals surface area contributed by atoms with Gasteiger partial charge in [0.15, 0.2) is 5.82 Å². The van der Waals surface area contributed by atoms with Crippen molar-refractivity contribution in [1.82, 2.24) is 24.8 Å². The molecule has 0 spiro atoms. The number of hydrogen-bond donors (Lipinski definition) is 2. The third-order valence-corrected chi connectivity index (χ3v) is 7.17. The molecule has 3 aromatic rings. The van der Waals surface area contributed by atoms with Crippen molar-refractivity contribution in [3.63, 3.8) is 0 Å². The zero-order chi connectivity index (χ0) is 26.6. The smallest absolute Gasteiger partial charge is 0.237 e. The molecule has 2 aromatic heterocycles. The van der Waals surface area contributed by atoms with Gasteiger partial charge in [-0.25, -0.2) is 23.7 Å². The van der Waals surface area contributed by atoms with E-state index in [1.807, 2.05) is 36.9 Å². The third kappa shape index (κ3) is 4.62. The van der Waals surface area contributed by atoms with Crippen LogP contribution >= 0.6 is 0 Å². The Hall–Kier alpha value is -3.86. The first-order valence-corrected chi connectivity index (χ1v) is 12.9. The van der Waals surface area contributed by atoms with Crippen LogP contribution in [0, 0.1) is 11.6 Å². The molecule has 0 bridgehead atoms. The highest BCUT2D eigenvalue weighted by molar-refractivity contribution is 5.83. The zero-order valence-corrected chi connectivity index (χ0v) is 21.6. The van der Waals surface area contributed by atoms with E-state index in [1.54, 1.807) is 12.1 Å². The number of rotatable bonds is 6. The van der Waals surface area contributed by atoms with Crippen molar-refractivity contribution in [2.45, 2.75) is 44.9 Å². The second kappa shape index (κ2) is 9.46. The summed E-state index contributed by atoms with van der Waals surface area (Å²) in [5.74, 6) is -0.294. The number of carbonyl (C=O) groups excluding carboxylic acids is 1. The molecular formula is C27H30F2N8O. The lowest BCUT2D eigenvalue weighted by molar-refractivity contribution is -0.132. The van der Waals surface area contributed by atoms with Crippen LogP contribution in [0.4, 0.5) is 31.9 Å². The number of halogens is 2. The van der Waals surface area contributed by atoms with Crippen LogP contribution < -0.4 is 15.5 Å². The van der Waals surface area contributed by atoms with E-state index < -0.39 is 11.6 Å². The lowest BCUT2D eigenvalue weighted by Crippen LogP contribution is -2.41. The van der Waals surface area contributed by atoms with Gasteiger partial charge in [0.25, 0.3) is 0 Å². The normalized spacial score (nSPS) is 18.3. The van der Waals surface area contributed by atoms with Gasteiger partial charge in [0.1, 0.15) is 17.3 Å². The topological polar surface area (TPSA) is 89.5 Å². The minimum atomic E-state index is -0.632. The maximum absolute atomic E-state index is 15.0. The highest BCUT2D eigenvalue weighted by Gasteiger charge is 2.39. The molecule has 0 radical (unpaired) electrons. The van der Waals surface area contributed by atoms with Crippen LogP contribution in [0.15, 0.2) is 30.5 Å². The van der Waals surface area contributed by atoms with Crippen LogP contribution in [-0.4, -0.2) is 70.1 Å². The number of nitrogens with one attached hydrogen (secondary N) is 2. The van der Waals surface area contributed by atoms with Crippen molar-refractivity contribution < 1.29 is 13.6 Å². The Morgan fingerprint density at radius 2 is 2.00 bits per heavy atom. The molecule has 11 heteroatoms. The second-order valence-electron chi connectivity index (χ2n) is 10.4. The van der Waals surface area contributed by atoms with E-state index in [9.17, 15) is 9.18 Å². The molecule has 1 atom stereocenters. The van der Waals surface area contributed by atoms with E-state index in [0.29, 0.717) is 49.2 Å². The van der Waals surface area contributed by atoms with Crippen molar-refractivity contribution >= 4 is 29.0 Å². The molecule has 1 saturated carbocycles. The second-order valence-corrected chi connectivity index (χ2v) is 10.4. The summed E-state index contributed by atoms with van der Waals surface area (Å²) in [5.41, 5.74) is 3.44. The minimum Gasteiger partial charge on any atom is -0.361 e. The summed E-state index contributed by atoms with van der Waals surface area (Å²) >= 11 is 0. The fourth-order valence-corrected chi connectivity index (χ4v) is 5.24. The Bertz CT molecular complexity index is 1410. The standard InChI is InChI=1S/C27H30F2N8O/c1-15-31-26-19(28)10-17(11-22(26)37(15)18-5-6-18)25-20(29)12-30-27(34-25)33-23-7-4-16-13-36(9-8-21(16)32-23)24(38)14-35(2)3/h4,7,10-12,15,18,31H,5-6,8-9,13-14H2,1-3H3,(H,30,32,33,34). The molecule has 2 aliphatic heterocycles. The Morgan fingerprint density at radius 3 is 2.76 bits per heavy atom. The van der Waals surface area contributed by atoms with Crippen molar-refractivity contribution in [1.29, 1.82) is 0 Å². The van der Waals surface area contributed by atoms with Gasteiger partial charge in [-0.2, -0.15) is 0 Å². The van der Waals surface area contributed by atoms with Crippen molar-refractivity contribution in [3.8, 4) is 11.3 Å². The van der Waals surface area contributed by atoms with Crippen LogP contribution in [0.25, 0.3) is 11.3 Å². The lowest BCUT2D eigenvalue weighted by atomic mass is 10.1. The van der Waals surface area contributed by atoms with E-state index >= 15 is 4.39 Å².